The summed E-state index contributed by atoms with van der Waals surface area (Å²) in [5.74, 6) is -0.656. The van der Waals surface area contributed by atoms with Crippen LogP contribution in [0, 0.1) is 0 Å². The minimum absolute atomic E-state index is 0.0780. The van der Waals surface area contributed by atoms with E-state index in [1.807, 2.05) is 19.9 Å². The van der Waals surface area contributed by atoms with Crippen molar-refractivity contribution in [3.05, 3.63) is 23.8 Å². The maximum atomic E-state index is 12.2. The quantitative estimate of drug-likeness (QED) is 0.782. The lowest BCUT2D eigenvalue weighted by atomic mass is 10.1. The lowest BCUT2D eigenvalue weighted by Gasteiger charge is -2.22. The van der Waals surface area contributed by atoms with E-state index in [9.17, 15) is 14.4 Å². The Bertz CT molecular complexity index is 618. The summed E-state index contributed by atoms with van der Waals surface area (Å²) in [5.41, 5.74) is 1.04. The van der Waals surface area contributed by atoms with Gasteiger partial charge in [0.05, 0.1) is 10.9 Å². The van der Waals surface area contributed by atoms with Crippen molar-refractivity contribution in [2.75, 3.05) is 11.9 Å². The minimum atomic E-state index is -0.618. The highest BCUT2D eigenvalue weighted by Crippen LogP contribution is 2.35. The second-order valence-electron chi connectivity index (χ2n) is 5.05. The van der Waals surface area contributed by atoms with Crippen LogP contribution >= 0.6 is 11.8 Å². The Morgan fingerprint density at radius 3 is 2.82 bits per heavy atom. The number of hydrogen-bond acceptors (Lipinski definition) is 4. The van der Waals surface area contributed by atoms with Crippen LogP contribution in [0.3, 0.4) is 0 Å². The summed E-state index contributed by atoms with van der Waals surface area (Å²) in [5, 5.41) is 7.92. The third kappa shape index (κ3) is 3.59. The molecule has 6 nitrogen and oxygen atoms in total. The molecule has 0 fully saturated rings. The van der Waals surface area contributed by atoms with Crippen LogP contribution in [0.4, 0.5) is 5.69 Å². The lowest BCUT2D eigenvalue weighted by Crippen LogP contribution is -2.44. The fraction of sp³-hybridized carbons (Fsp3) is 0.400. The molecule has 0 bridgehead atoms. The van der Waals surface area contributed by atoms with Gasteiger partial charge in [-0.3, -0.25) is 14.4 Å². The molecule has 1 aromatic rings. The second kappa shape index (κ2) is 6.83. The highest BCUT2D eigenvalue weighted by Gasteiger charge is 2.24. The van der Waals surface area contributed by atoms with Gasteiger partial charge in [-0.1, -0.05) is 0 Å². The van der Waals surface area contributed by atoms with Gasteiger partial charge in [-0.05, 0) is 39.0 Å². The van der Waals surface area contributed by atoms with Crippen LogP contribution in [0.2, 0.25) is 0 Å². The highest BCUT2D eigenvalue weighted by atomic mass is 32.2. The Balaban J connectivity index is 2.10. The van der Waals surface area contributed by atoms with Crippen molar-refractivity contribution >= 4 is 35.2 Å². The fourth-order valence-electron chi connectivity index (χ4n) is 2.02. The zero-order valence-electron chi connectivity index (χ0n) is 12.7. The van der Waals surface area contributed by atoms with E-state index in [1.165, 1.54) is 11.8 Å². The first-order valence-electron chi connectivity index (χ1n) is 7.12. The molecule has 0 spiro atoms. The molecule has 0 aromatic heterocycles. The molecule has 0 unspecified atom stereocenters. The van der Waals surface area contributed by atoms with Crippen LogP contribution < -0.4 is 16.0 Å². The monoisotopic (exact) mass is 321 g/mol. The van der Waals surface area contributed by atoms with Gasteiger partial charge in [-0.25, -0.2) is 0 Å². The van der Waals surface area contributed by atoms with Crippen LogP contribution in [-0.4, -0.2) is 35.6 Å². The van der Waals surface area contributed by atoms with Gasteiger partial charge in [0.15, 0.2) is 0 Å². The SMILES string of the molecule is CCNC(=O)[C@@H](C)NC(=O)c1ccc2c(c1)NC(=O)[C@@H](C)S2. The van der Waals surface area contributed by atoms with Crippen molar-refractivity contribution in [3.63, 3.8) is 0 Å². The topological polar surface area (TPSA) is 87.3 Å². The molecular formula is C15H19N3O3S. The standard InChI is InChI=1S/C15H19N3O3S/c1-4-16-13(19)8(2)17-15(21)10-5-6-12-11(7-10)18-14(20)9(3)22-12/h5-9H,4H2,1-3H3,(H,16,19)(H,17,21)(H,18,20)/t8-,9-/m1/s1. The molecule has 2 rings (SSSR count). The van der Waals surface area contributed by atoms with Crippen molar-refractivity contribution in [3.8, 4) is 0 Å². The van der Waals surface area contributed by atoms with Gasteiger partial charge in [0.25, 0.3) is 5.91 Å². The van der Waals surface area contributed by atoms with Crippen LogP contribution in [0.15, 0.2) is 23.1 Å². The van der Waals surface area contributed by atoms with Crippen molar-refractivity contribution in [2.45, 2.75) is 37.0 Å². The molecule has 0 saturated carbocycles. The third-order valence-corrected chi connectivity index (χ3v) is 4.44. The predicted octanol–water partition coefficient (Wildman–Crippen LogP) is 1.37. The normalized spacial score (nSPS) is 18.0. The van der Waals surface area contributed by atoms with E-state index < -0.39 is 6.04 Å². The molecule has 2 atom stereocenters. The minimum Gasteiger partial charge on any atom is -0.355 e. The summed E-state index contributed by atoms with van der Waals surface area (Å²) in [6.07, 6.45) is 0. The molecule has 1 aromatic carbocycles. The largest absolute Gasteiger partial charge is 0.355 e. The van der Waals surface area contributed by atoms with Crippen molar-refractivity contribution in [1.82, 2.24) is 10.6 Å². The molecule has 0 radical (unpaired) electrons. The number of carbonyl (C=O) groups excluding carboxylic acids is 3. The van der Waals surface area contributed by atoms with Gasteiger partial charge in [-0.2, -0.15) is 0 Å². The van der Waals surface area contributed by atoms with Gasteiger partial charge in [0.1, 0.15) is 6.04 Å². The summed E-state index contributed by atoms with van der Waals surface area (Å²) in [6.45, 7) is 5.79. The first kappa shape index (κ1) is 16.4. The van der Waals surface area contributed by atoms with Gasteiger partial charge in [0, 0.05) is 17.0 Å². The number of amides is 3. The Morgan fingerprint density at radius 2 is 2.14 bits per heavy atom. The van der Waals surface area contributed by atoms with Gasteiger partial charge in [0.2, 0.25) is 11.8 Å². The van der Waals surface area contributed by atoms with Crippen LogP contribution in [0.5, 0.6) is 0 Å². The molecule has 3 amide bonds. The summed E-state index contributed by atoms with van der Waals surface area (Å²) < 4.78 is 0. The molecule has 1 aliphatic rings. The molecular weight excluding hydrogens is 302 g/mol. The maximum Gasteiger partial charge on any atom is 0.251 e. The first-order chi connectivity index (χ1) is 10.4. The number of rotatable bonds is 4. The van der Waals surface area contributed by atoms with E-state index in [0.717, 1.165) is 4.90 Å². The summed E-state index contributed by atoms with van der Waals surface area (Å²) >= 11 is 1.46. The average Bonchev–Trinajstić information content (AvgIpc) is 2.48. The molecule has 1 aliphatic heterocycles. The zero-order valence-corrected chi connectivity index (χ0v) is 13.5. The highest BCUT2D eigenvalue weighted by molar-refractivity contribution is 8.00. The first-order valence-corrected chi connectivity index (χ1v) is 8.00. The zero-order chi connectivity index (χ0) is 16.3. The van der Waals surface area contributed by atoms with E-state index in [2.05, 4.69) is 16.0 Å². The Labute approximate surface area is 133 Å². The number of anilines is 1. The molecule has 22 heavy (non-hydrogen) atoms. The summed E-state index contributed by atoms with van der Waals surface area (Å²) in [7, 11) is 0. The number of benzene rings is 1. The smallest absolute Gasteiger partial charge is 0.251 e. The van der Waals surface area contributed by atoms with E-state index in [0.29, 0.717) is 17.8 Å². The fourth-order valence-corrected chi connectivity index (χ4v) is 2.95. The van der Waals surface area contributed by atoms with E-state index in [-0.39, 0.29) is 23.0 Å². The summed E-state index contributed by atoms with van der Waals surface area (Å²) in [4.78, 5) is 36.4. The molecule has 3 N–H and O–H groups in total. The second-order valence-corrected chi connectivity index (χ2v) is 6.43. The van der Waals surface area contributed by atoms with E-state index in [4.69, 9.17) is 0 Å². The van der Waals surface area contributed by atoms with Crippen LogP contribution in [0.1, 0.15) is 31.1 Å². The van der Waals surface area contributed by atoms with Crippen LogP contribution in [0.25, 0.3) is 0 Å². The van der Waals surface area contributed by atoms with Gasteiger partial charge >= 0.3 is 0 Å². The number of fused-ring (bicyclic) bond motifs is 1. The number of likely N-dealkylation sites (N-methyl/N-ethyl adjacent to an activating group) is 1. The van der Waals surface area contributed by atoms with Crippen molar-refractivity contribution in [2.24, 2.45) is 0 Å². The number of hydrogen-bond donors (Lipinski definition) is 3. The third-order valence-electron chi connectivity index (χ3n) is 3.26. The van der Waals surface area contributed by atoms with Crippen molar-refractivity contribution < 1.29 is 14.4 Å². The van der Waals surface area contributed by atoms with E-state index >= 15 is 0 Å². The molecule has 1 heterocycles. The number of thioether (sulfide) groups is 1. The number of nitrogens with one attached hydrogen (secondary N) is 3. The predicted molar refractivity (Wildman–Crippen MR) is 86.0 cm³/mol. The molecule has 0 saturated heterocycles. The molecule has 7 heteroatoms. The Kier molecular flexibility index (Phi) is 5.07. The Morgan fingerprint density at radius 1 is 1.41 bits per heavy atom. The molecule has 118 valence electrons. The van der Waals surface area contributed by atoms with Gasteiger partial charge in [-0.15, -0.1) is 11.8 Å². The lowest BCUT2D eigenvalue weighted by molar-refractivity contribution is -0.122. The van der Waals surface area contributed by atoms with E-state index in [1.54, 1.807) is 19.1 Å². The Hall–Kier alpha value is -2.02. The van der Waals surface area contributed by atoms with Crippen LogP contribution in [-0.2, 0) is 9.59 Å². The van der Waals surface area contributed by atoms with Gasteiger partial charge < -0.3 is 16.0 Å². The molecule has 0 aliphatic carbocycles. The number of carbonyl (C=O) groups is 3. The average molecular weight is 321 g/mol. The maximum absolute atomic E-state index is 12.2. The summed E-state index contributed by atoms with van der Waals surface area (Å²) in [6, 6.07) is 4.51. The van der Waals surface area contributed by atoms with Crippen molar-refractivity contribution in [1.29, 1.82) is 0 Å².